The first-order valence-corrected chi connectivity index (χ1v) is 9.88. The zero-order valence-electron chi connectivity index (χ0n) is 16.0. The van der Waals surface area contributed by atoms with Crippen LogP contribution in [-0.2, 0) is 27.4 Å². The molecule has 2 amide bonds. The van der Waals surface area contributed by atoms with Gasteiger partial charge in [-0.3, -0.25) is 4.79 Å². The topological polar surface area (TPSA) is 138 Å². The molecule has 0 aliphatic carbocycles. The molecule has 10 heteroatoms. The summed E-state index contributed by atoms with van der Waals surface area (Å²) in [6.07, 6.45) is -0.736. The van der Waals surface area contributed by atoms with Crippen molar-refractivity contribution in [3.05, 3.63) is 64.4 Å². The summed E-state index contributed by atoms with van der Waals surface area (Å²) in [6.45, 7) is -0.139. The Bertz CT molecular complexity index is 865. The lowest BCUT2D eigenvalue weighted by Gasteiger charge is -2.17. The average Bonchev–Trinajstić information content (AvgIpc) is 2.72. The van der Waals surface area contributed by atoms with Crippen LogP contribution in [0.4, 0.5) is 4.79 Å². The fourth-order valence-electron chi connectivity index (χ4n) is 2.51. The molecule has 2 rings (SSSR count). The number of benzene rings is 1. The number of aromatic nitrogens is 1. The highest BCUT2D eigenvalue weighted by molar-refractivity contribution is 9.10. The number of rotatable bonds is 10. The molecular weight excluding hydrogens is 458 g/mol. The number of carboxylic acids is 1. The number of pyridine rings is 1. The van der Waals surface area contributed by atoms with E-state index in [4.69, 9.17) is 4.74 Å². The van der Waals surface area contributed by atoms with Crippen LogP contribution >= 0.6 is 15.9 Å². The van der Waals surface area contributed by atoms with Gasteiger partial charge in [0.25, 0.3) is 0 Å². The van der Waals surface area contributed by atoms with E-state index in [-0.39, 0.29) is 26.0 Å². The van der Waals surface area contributed by atoms with Gasteiger partial charge in [-0.15, -0.1) is 0 Å². The molecule has 0 bridgehead atoms. The number of carbonyl (C=O) groups is 3. The van der Waals surface area contributed by atoms with E-state index in [2.05, 4.69) is 31.5 Å². The van der Waals surface area contributed by atoms with Crippen molar-refractivity contribution in [1.29, 1.82) is 0 Å². The SMILES string of the molecule is O=C(C[C@@H](O)CNC(=O)OCc1ccccc1)N[C@@H](Cc1cccnc1Br)C(=O)O. The second kappa shape index (κ2) is 11.9. The van der Waals surface area contributed by atoms with Gasteiger partial charge in [0.05, 0.1) is 12.5 Å². The van der Waals surface area contributed by atoms with Crippen LogP contribution in [0.3, 0.4) is 0 Å². The number of nitrogens with zero attached hydrogens (tertiary/aromatic N) is 1. The lowest BCUT2D eigenvalue weighted by molar-refractivity contribution is -0.142. The summed E-state index contributed by atoms with van der Waals surface area (Å²) >= 11 is 3.23. The monoisotopic (exact) mass is 479 g/mol. The van der Waals surface area contributed by atoms with Crippen LogP contribution in [0.15, 0.2) is 53.3 Å². The van der Waals surface area contributed by atoms with Crippen molar-refractivity contribution in [2.75, 3.05) is 6.54 Å². The number of hydrogen-bond acceptors (Lipinski definition) is 6. The number of carbonyl (C=O) groups excluding carboxylic acids is 2. The van der Waals surface area contributed by atoms with E-state index in [0.29, 0.717) is 10.2 Å². The zero-order valence-corrected chi connectivity index (χ0v) is 17.5. The smallest absolute Gasteiger partial charge is 0.407 e. The van der Waals surface area contributed by atoms with E-state index in [0.717, 1.165) is 5.56 Å². The van der Waals surface area contributed by atoms with Gasteiger partial charge in [0.2, 0.25) is 5.91 Å². The van der Waals surface area contributed by atoms with Gasteiger partial charge in [0.15, 0.2) is 0 Å². The van der Waals surface area contributed by atoms with Gasteiger partial charge >= 0.3 is 12.1 Å². The Balaban J connectivity index is 1.74. The molecule has 0 aliphatic rings. The number of ether oxygens (including phenoxy) is 1. The van der Waals surface area contributed by atoms with E-state index in [9.17, 15) is 24.6 Å². The molecule has 0 unspecified atom stereocenters. The van der Waals surface area contributed by atoms with E-state index >= 15 is 0 Å². The molecule has 0 aliphatic heterocycles. The van der Waals surface area contributed by atoms with Crippen LogP contribution < -0.4 is 10.6 Å². The normalized spacial score (nSPS) is 12.5. The summed E-state index contributed by atoms with van der Waals surface area (Å²) in [5.41, 5.74) is 1.43. The van der Waals surface area contributed by atoms with Gasteiger partial charge in [-0.05, 0) is 33.1 Å². The number of alkyl carbamates (subject to hydrolysis) is 1. The summed E-state index contributed by atoms with van der Waals surface area (Å²) < 4.78 is 5.50. The molecular formula is C20H22BrN3O6. The second-order valence-corrected chi connectivity index (χ2v) is 7.17. The molecule has 4 N–H and O–H groups in total. The molecule has 9 nitrogen and oxygen atoms in total. The largest absolute Gasteiger partial charge is 0.480 e. The molecule has 0 fully saturated rings. The fourth-order valence-corrected chi connectivity index (χ4v) is 2.92. The highest BCUT2D eigenvalue weighted by Gasteiger charge is 2.23. The molecule has 2 aromatic rings. The van der Waals surface area contributed by atoms with Gasteiger partial charge in [0, 0.05) is 19.2 Å². The van der Waals surface area contributed by atoms with Gasteiger partial charge in [-0.2, -0.15) is 0 Å². The van der Waals surface area contributed by atoms with Crippen molar-refractivity contribution in [2.45, 2.75) is 31.6 Å². The Morgan fingerprint density at radius 1 is 1.13 bits per heavy atom. The predicted octanol–water partition coefficient (Wildman–Crippen LogP) is 1.63. The van der Waals surface area contributed by atoms with E-state index in [1.54, 1.807) is 30.5 Å². The number of halogens is 1. The first-order valence-electron chi connectivity index (χ1n) is 9.09. The Kier molecular flexibility index (Phi) is 9.23. The third kappa shape index (κ3) is 8.18. The highest BCUT2D eigenvalue weighted by atomic mass is 79.9. The molecule has 0 radical (unpaired) electrons. The van der Waals surface area contributed by atoms with Gasteiger partial charge < -0.3 is 25.6 Å². The summed E-state index contributed by atoms with van der Waals surface area (Å²) in [5.74, 6) is -1.87. The van der Waals surface area contributed by atoms with Crippen LogP contribution in [0.5, 0.6) is 0 Å². The molecule has 30 heavy (non-hydrogen) atoms. The third-order valence-electron chi connectivity index (χ3n) is 4.01. The number of aliphatic carboxylic acids is 1. The van der Waals surface area contributed by atoms with Crippen LogP contribution in [0.25, 0.3) is 0 Å². The van der Waals surface area contributed by atoms with Gasteiger partial charge in [-0.25, -0.2) is 14.6 Å². The Hall–Kier alpha value is -2.98. The number of aliphatic hydroxyl groups is 1. The van der Waals surface area contributed by atoms with Crippen LogP contribution in [0.2, 0.25) is 0 Å². The lowest BCUT2D eigenvalue weighted by Crippen LogP contribution is -2.44. The minimum Gasteiger partial charge on any atom is -0.480 e. The number of aliphatic hydroxyl groups excluding tert-OH is 1. The molecule has 1 aromatic heterocycles. The highest BCUT2D eigenvalue weighted by Crippen LogP contribution is 2.14. The molecule has 0 spiro atoms. The van der Waals surface area contributed by atoms with Crippen molar-refractivity contribution in [3.63, 3.8) is 0 Å². The van der Waals surface area contributed by atoms with E-state index in [1.807, 2.05) is 18.2 Å². The van der Waals surface area contributed by atoms with Crippen molar-refractivity contribution < 1.29 is 29.3 Å². The second-order valence-electron chi connectivity index (χ2n) is 6.42. The summed E-state index contributed by atoms with van der Waals surface area (Å²) in [5, 5.41) is 24.0. The van der Waals surface area contributed by atoms with Crippen LogP contribution in [0.1, 0.15) is 17.5 Å². The number of nitrogens with one attached hydrogen (secondary N) is 2. The first-order chi connectivity index (χ1) is 14.3. The van der Waals surface area contributed by atoms with Crippen molar-refractivity contribution >= 4 is 33.9 Å². The molecule has 0 saturated carbocycles. The van der Waals surface area contributed by atoms with Gasteiger partial charge in [-0.1, -0.05) is 36.4 Å². The molecule has 1 heterocycles. The maximum atomic E-state index is 12.1. The van der Waals surface area contributed by atoms with Gasteiger partial charge in [0.1, 0.15) is 17.3 Å². The maximum absolute atomic E-state index is 12.1. The Labute approximate surface area is 181 Å². The number of hydrogen-bond donors (Lipinski definition) is 4. The average molecular weight is 480 g/mol. The zero-order chi connectivity index (χ0) is 21.9. The minimum absolute atomic E-state index is 0.0235. The van der Waals surface area contributed by atoms with Crippen molar-refractivity contribution in [2.24, 2.45) is 0 Å². The van der Waals surface area contributed by atoms with Crippen LogP contribution in [0, 0.1) is 0 Å². The standard InChI is InChI=1S/C20H22BrN3O6/c21-18-14(7-4-8-22-18)9-16(19(27)28)24-17(26)10-15(25)11-23-20(29)30-12-13-5-2-1-3-6-13/h1-8,15-16,25H,9-12H2,(H,23,29)(H,24,26)(H,27,28)/t15-,16+/m1/s1. The van der Waals surface area contributed by atoms with Crippen molar-refractivity contribution in [1.82, 2.24) is 15.6 Å². The Morgan fingerprint density at radius 2 is 1.87 bits per heavy atom. The first kappa shape index (κ1) is 23.3. The van der Waals surface area contributed by atoms with E-state index in [1.165, 1.54) is 0 Å². The van der Waals surface area contributed by atoms with Crippen LogP contribution in [-0.4, -0.2) is 51.9 Å². The summed E-state index contributed by atoms with van der Waals surface area (Å²) in [6, 6.07) is 11.2. The maximum Gasteiger partial charge on any atom is 0.407 e. The Morgan fingerprint density at radius 3 is 2.53 bits per heavy atom. The number of amides is 2. The van der Waals surface area contributed by atoms with E-state index < -0.39 is 30.1 Å². The minimum atomic E-state index is -1.21. The van der Waals surface area contributed by atoms with Crippen molar-refractivity contribution in [3.8, 4) is 0 Å². The summed E-state index contributed by atoms with van der Waals surface area (Å²) in [4.78, 5) is 39.2. The summed E-state index contributed by atoms with van der Waals surface area (Å²) in [7, 11) is 0. The third-order valence-corrected chi connectivity index (χ3v) is 4.72. The number of carboxylic acid groups (broad SMARTS) is 1. The molecule has 0 saturated heterocycles. The molecule has 2 atom stereocenters. The molecule has 160 valence electrons. The quantitative estimate of drug-likeness (QED) is 0.380. The predicted molar refractivity (Wildman–Crippen MR) is 110 cm³/mol. The fraction of sp³-hybridized carbons (Fsp3) is 0.300. The molecule has 1 aromatic carbocycles. The lowest BCUT2D eigenvalue weighted by atomic mass is 10.1.